The summed E-state index contributed by atoms with van der Waals surface area (Å²) in [5.41, 5.74) is 0.825. The fourth-order valence-electron chi connectivity index (χ4n) is 2.82. The number of thiophene rings is 1. The highest BCUT2D eigenvalue weighted by Gasteiger charge is 2.23. The molecule has 1 amide bonds. The average molecular weight is 348 g/mol. The average Bonchev–Trinajstić information content (AvgIpc) is 3.09. The number of carbonyl (C=O) groups excluding carboxylic acids is 2. The monoisotopic (exact) mass is 348 g/mol. The zero-order valence-corrected chi connectivity index (χ0v) is 14.7. The van der Waals surface area contributed by atoms with Crippen molar-refractivity contribution in [1.29, 1.82) is 0 Å². The maximum atomic E-state index is 12.1. The predicted octanol–water partition coefficient (Wildman–Crippen LogP) is 2.18. The molecule has 0 aliphatic carbocycles. The smallest absolute Gasteiger partial charge is 0.348 e. The van der Waals surface area contributed by atoms with E-state index in [2.05, 4.69) is 20.6 Å². The predicted molar refractivity (Wildman–Crippen MR) is 92.5 cm³/mol. The van der Waals surface area contributed by atoms with Crippen LogP contribution in [0.5, 0.6) is 0 Å². The van der Waals surface area contributed by atoms with Crippen LogP contribution in [0.25, 0.3) is 10.2 Å². The minimum absolute atomic E-state index is 0.0853. The van der Waals surface area contributed by atoms with Crippen LogP contribution in [-0.4, -0.2) is 41.0 Å². The molecule has 1 fully saturated rings. The number of ether oxygens (including phenoxy) is 1. The van der Waals surface area contributed by atoms with Gasteiger partial charge in [0, 0.05) is 19.0 Å². The van der Waals surface area contributed by atoms with Crippen molar-refractivity contribution < 1.29 is 14.3 Å². The molecule has 1 atom stereocenters. The van der Waals surface area contributed by atoms with E-state index >= 15 is 0 Å². The minimum atomic E-state index is -0.329. The second-order valence-electron chi connectivity index (χ2n) is 5.76. The van der Waals surface area contributed by atoms with E-state index in [-0.39, 0.29) is 17.9 Å². The van der Waals surface area contributed by atoms with Crippen LogP contribution in [0, 0.1) is 13.8 Å². The first-order chi connectivity index (χ1) is 11.5. The molecule has 1 aliphatic rings. The fraction of sp³-hybridized carbons (Fsp3) is 0.500. The Bertz CT molecular complexity index is 802. The number of nitrogens with one attached hydrogen (secondary N) is 2. The summed E-state index contributed by atoms with van der Waals surface area (Å²) in [6.45, 7) is 6.42. The van der Waals surface area contributed by atoms with Gasteiger partial charge < -0.3 is 15.4 Å². The Morgan fingerprint density at radius 1 is 1.42 bits per heavy atom. The van der Waals surface area contributed by atoms with Crippen molar-refractivity contribution in [3.05, 3.63) is 16.3 Å². The quantitative estimate of drug-likeness (QED) is 0.805. The molecule has 0 saturated carbocycles. The van der Waals surface area contributed by atoms with Crippen LogP contribution in [0.1, 0.15) is 40.8 Å². The second kappa shape index (κ2) is 6.72. The lowest BCUT2D eigenvalue weighted by Gasteiger charge is -2.13. The maximum Gasteiger partial charge on any atom is 0.348 e. The highest BCUT2D eigenvalue weighted by Crippen LogP contribution is 2.34. The molecular formula is C16H20N4O3S. The molecule has 2 N–H and O–H groups in total. The van der Waals surface area contributed by atoms with E-state index in [9.17, 15) is 9.59 Å². The zero-order valence-electron chi connectivity index (χ0n) is 13.9. The Kier molecular flexibility index (Phi) is 4.66. The maximum absolute atomic E-state index is 12.1. The van der Waals surface area contributed by atoms with E-state index in [0.29, 0.717) is 36.1 Å². The van der Waals surface area contributed by atoms with Gasteiger partial charge in [0.1, 0.15) is 21.3 Å². The fourth-order valence-corrected chi connectivity index (χ4v) is 3.94. The van der Waals surface area contributed by atoms with Crippen LogP contribution in [0.4, 0.5) is 5.82 Å². The Balaban J connectivity index is 1.91. The molecule has 3 rings (SSSR count). The highest BCUT2D eigenvalue weighted by molar-refractivity contribution is 7.20. The van der Waals surface area contributed by atoms with Crippen LogP contribution < -0.4 is 10.6 Å². The van der Waals surface area contributed by atoms with E-state index in [1.54, 1.807) is 6.92 Å². The summed E-state index contributed by atoms with van der Waals surface area (Å²) < 4.78 is 5.12. The third kappa shape index (κ3) is 3.19. The van der Waals surface area contributed by atoms with E-state index in [1.807, 2.05) is 13.8 Å². The van der Waals surface area contributed by atoms with Crippen LogP contribution in [-0.2, 0) is 9.53 Å². The summed E-state index contributed by atoms with van der Waals surface area (Å²) in [5.74, 6) is 1.09. The standard InChI is InChI=1S/C16H20N4O3S/c1-4-23-16(22)13-8(2)12-14(18-9(3)19-15(12)24-13)17-7-10-5-6-11(21)20-10/h10H,4-7H2,1-3H3,(H,20,21)(H,17,18,19)/t10-/m0/s1. The molecule has 2 aromatic heterocycles. The van der Waals surface area contributed by atoms with E-state index in [4.69, 9.17) is 4.74 Å². The molecule has 3 heterocycles. The molecular weight excluding hydrogens is 328 g/mol. The number of anilines is 1. The summed E-state index contributed by atoms with van der Waals surface area (Å²) >= 11 is 1.32. The van der Waals surface area contributed by atoms with Gasteiger partial charge >= 0.3 is 5.97 Å². The van der Waals surface area contributed by atoms with Gasteiger partial charge in [-0.2, -0.15) is 0 Å². The van der Waals surface area contributed by atoms with Crippen molar-refractivity contribution >= 4 is 39.2 Å². The molecule has 0 unspecified atom stereocenters. The lowest BCUT2D eigenvalue weighted by Crippen LogP contribution is -2.32. The molecule has 1 aliphatic heterocycles. The minimum Gasteiger partial charge on any atom is -0.462 e. The Morgan fingerprint density at radius 2 is 2.21 bits per heavy atom. The largest absolute Gasteiger partial charge is 0.462 e. The topological polar surface area (TPSA) is 93.2 Å². The number of hydrogen-bond donors (Lipinski definition) is 2. The molecule has 7 nitrogen and oxygen atoms in total. The van der Waals surface area contributed by atoms with E-state index in [1.165, 1.54) is 11.3 Å². The van der Waals surface area contributed by atoms with Crippen LogP contribution in [0.15, 0.2) is 0 Å². The molecule has 0 bridgehead atoms. The van der Waals surface area contributed by atoms with E-state index in [0.717, 1.165) is 22.2 Å². The molecule has 2 aromatic rings. The summed E-state index contributed by atoms with van der Waals surface area (Å²) in [6, 6.07) is 0.103. The number of esters is 1. The molecule has 8 heteroatoms. The second-order valence-corrected chi connectivity index (χ2v) is 6.76. The Hall–Kier alpha value is -2.22. The molecule has 128 valence electrons. The van der Waals surface area contributed by atoms with Crippen molar-refractivity contribution in [3.63, 3.8) is 0 Å². The van der Waals surface area contributed by atoms with Gasteiger partial charge in [-0.05, 0) is 32.8 Å². The number of carbonyl (C=O) groups is 2. The summed E-state index contributed by atoms with van der Waals surface area (Å²) in [6.07, 6.45) is 1.38. The van der Waals surface area contributed by atoms with Crippen LogP contribution >= 0.6 is 11.3 Å². The van der Waals surface area contributed by atoms with Crippen molar-refractivity contribution in [1.82, 2.24) is 15.3 Å². The van der Waals surface area contributed by atoms with Crippen molar-refractivity contribution in [2.45, 2.75) is 39.7 Å². The van der Waals surface area contributed by atoms with Crippen LogP contribution in [0.2, 0.25) is 0 Å². The lowest BCUT2D eigenvalue weighted by molar-refractivity contribution is -0.119. The van der Waals surface area contributed by atoms with Gasteiger partial charge in [-0.15, -0.1) is 11.3 Å². The SMILES string of the molecule is CCOC(=O)c1sc2nc(C)nc(NC[C@@H]3CCC(=O)N3)c2c1C. The Labute approximate surface area is 143 Å². The number of rotatable bonds is 5. The van der Waals surface area contributed by atoms with Crippen LogP contribution in [0.3, 0.4) is 0 Å². The van der Waals surface area contributed by atoms with Gasteiger partial charge in [-0.25, -0.2) is 14.8 Å². The summed E-state index contributed by atoms with van der Waals surface area (Å²) in [5, 5.41) is 7.08. The molecule has 0 radical (unpaired) electrons. The van der Waals surface area contributed by atoms with E-state index < -0.39 is 0 Å². The third-order valence-corrected chi connectivity index (χ3v) is 5.13. The number of nitrogens with zero attached hydrogens (tertiary/aromatic N) is 2. The zero-order chi connectivity index (χ0) is 17.3. The number of fused-ring (bicyclic) bond motifs is 1. The summed E-state index contributed by atoms with van der Waals surface area (Å²) in [4.78, 5) is 33.7. The van der Waals surface area contributed by atoms with Crippen molar-refractivity contribution in [3.8, 4) is 0 Å². The molecule has 24 heavy (non-hydrogen) atoms. The number of aryl methyl sites for hydroxylation is 2. The van der Waals surface area contributed by atoms with Gasteiger partial charge in [0.2, 0.25) is 5.91 Å². The van der Waals surface area contributed by atoms with Gasteiger partial charge in [0.05, 0.1) is 12.0 Å². The molecule has 0 spiro atoms. The first-order valence-electron chi connectivity index (χ1n) is 7.97. The first kappa shape index (κ1) is 16.6. The summed E-state index contributed by atoms with van der Waals surface area (Å²) in [7, 11) is 0. The highest BCUT2D eigenvalue weighted by atomic mass is 32.1. The van der Waals surface area contributed by atoms with Gasteiger partial charge in [0.25, 0.3) is 0 Å². The normalized spacial score (nSPS) is 17.1. The van der Waals surface area contributed by atoms with Gasteiger partial charge in [0.15, 0.2) is 0 Å². The first-order valence-corrected chi connectivity index (χ1v) is 8.79. The Morgan fingerprint density at radius 3 is 2.88 bits per heavy atom. The number of aromatic nitrogens is 2. The van der Waals surface area contributed by atoms with Gasteiger partial charge in [-0.3, -0.25) is 4.79 Å². The van der Waals surface area contributed by atoms with Crippen molar-refractivity contribution in [2.75, 3.05) is 18.5 Å². The van der Waals surface area contributed by atoms with Crippen molar-refractivity contribution in [2.24, 2.45) is 0 Å². The molecule has 1 saturated heterocycles. The molecule has 0 aromatic carbocycles. The number of hydrogen-bond acceptors (Lipinski definition) is 7. The third-order valence-electron chi connectivity index (χ3n) is 3.96. The lowest BCUT2D eigenvalue weighted by atomic mass is 10.2. The number of amides is 1. The van der Waals surface area contributed by atoms with Gasteiger partial charge in [-0.1, -0.05) is 0 Å².